The van der Waals surface area contributed by atoms with E-state index >= 15 is 0 Å². The Hall–Kier alpha value is -0.920. The van der Waals surface area contributed by atoms with Crippen molar-refractivity contribution in [1.82, 2.24) is 14.5 Å². The minimum atomic E-state index is -3.52. The second-order valence-corrected chi connectivity index (χ2v) is 6.49. The van der Waals surface area contributed by atoms with Gasteiger partial charge in [-0.1, -0.05) is 6.92 Å². The molecular weight excluding hydrogens is 242 g/mol. The highest BCUT2D eigenvalue weighted by Gasteiger charge is 2.47. The average molecular weight is 259 g/mol. The summed E-state index contributed by atoms with van der Waals surface area (Å²) >= 11 is 0. The van der Waals surface area contributed by atoms with E-state index in [0.717, 1.165) is 0 Å². The Labute approximate surface area is 101 Å². The van der Waals surface area contributed by atoms with E-state index in [1.807, 2.05) is 6.92 Å². The summed E-state index contributed by atoms with van der Waals surface area (Å²) in [5.74, 6) is 0. The number of hydrogen-bond donors (Lipinski definition) is 2. The first-order chi connectivity index (χ1) is 7.80. The maximum absolute atomic E-state index is 12.3. The van der Waals surface area contributed by atoms with Crippen LogP contribution >= 0.6 is 0 Å². The minimum Gasteiger partial charge on any atom is -0.387 e. The molecule has 0 aliphatic carbocycles. The van der Waals surface area contributed by atoms with Crippen LogP contribution in [0, 0.1) is 13.8 Å². The summed E-state index contributed by atoms with van der Waals surface area (Å²) in [5, 5.41) is 16.4. The van der Waals surface area contributed by atoms with E-state index in [2.05, 4.69) is 10.2 Å². The molecule has 0 bridgehead atoms. The van der Waals surface area contributed by atoms with Crippen LogP contribution in [0.15, 0.2) is 4.90 Å². The maximum atomic E-state index is 12.3. The lowest BCUT2D eigenvalue weighted by molar-refractivity contribution is -0.0613. The number of aromatic nitrogens is 2. The summed E-state index contributed by atoms with van der Waals surface area (Å²) in [6, 6.07) is 0. The molecule has 17 heavy (non-hydrogen) atoms. The summed E-state index contributed by atoms with van der Waals surface area (Å²) in [7, 11) is -3.52. The molecule has 0 unspecified atom stereocenters. The SMILES string of the molecule is CCC1(O)CN(S(=O)(=O)c2c(C)n[nH]c2C)C1. The molecule has 1 aliphatic rings. The van der Waals surface area contributed by atoms with Crippen molar-refractivity contribution in [3.8, 4) is 0 Å². The summed E-state index contributed by atoms with van der Waals surface area (Å²) in [5.41, 5.74) is 0.141. The van der Waals surface area contributed by atoms with Gasteiger partial charge in [0.1, 0.15) is 4.90 Å². The van der Waals surface area contributed by atoms with Crippen LogP contribution in [0.25, 0.3) is 0 Å². The van der Waals surface area contributed by atoms with Gasteiger partial charge in [-0.3, -0.25) is 5.10 Å². The van der Waals surface area contributed by atoms with Crippen molar-refractivity contribution < 1.29 is 13.5 Å². The molecule has 1 aromatic heterocycles. The van der Waals surface area contributed by atoms with E-state index < -0.39 is 15.6 Å². The Kier molecular flexibility index (Phi) is 2.80. The Morgan fingerprint density at radius 2 is 2.06 bits per heavy atom. The molecule has 0 atom stereocenters. The highest BCUT2D eigenvalue weighted by atomic mass is 32.2. The van der Waals surface area contributed by atoms with Crippen molar-refractivity contribution in [2.45, 2.75) is 37.7 Å². The fourth-order valence-electron chi connectivity index (χ4n) is 2.05. The van der Waals surface area contributed by atoms with Gasteiger partial charge in [0.15, 0.2) is 0 Å². The monoisotopic (exact) mass is 259 g/mol. The van der Waals surface area contributed by atoms with Gasteiger partial charge in [-0.15, -0.1) is 0 Å². The summed E-state index contributed by atoms with van der Waals surface area (Å²) in [6.45, 7) is 5.50. The van der Waals surface area contributed by atoms with Gasteiger partial charge in [0, 0.05) is 13.1 Å². The lowest BCUT2D eigenvalue weighted by Gasteiger charge is -2.44. The van der Waals surface area contributed by atoms with Crippen molar-refractivity contribution in [3.05, 3.63) is 11.4 Å². The van der Waals surface area contributed by atoms with E-state index in [9.17, 15) is 13.5 Å². The van der Waals surface area contributed by atoms with Crippen LogP contribution in [0.4, 0.5) is 0 Å². The van der Waals surface area contributed by atoms with Crippen LogP contribution in [0.1, 0.15) is 24.7 Å². The van der Waals surface area contributed by atoms with Gasteiger partial charge < -0.3 is 5.11 Å². The number of H-pyrrole nitrogens is 1. The van der Waals surface area contributed by atoms with Crippen molar-refractivity contribution in [2.75, 3.05) is 13.1 Å². The topological polar surface area (TPSA) is 86.3 Å². The van der Waals surface area contributed by atoms with E-state index in [4.69, 9.17) is 0 Å². The van der Waals surface area contributed by atoms with Crippen LogP contribution in [-0.4, -0.2) is 46.7 Å². The normalized spacial score (nSPS) is 20.2. The van der Waals surface area contributed by atoms with Crippen LogP contribution in [0.5, 0.6) is 0 Å². The number of aromatic amines is 1. The van der Waals surface area contributed by atoms with Crippen molar-refractivity contribution >= 4 is 10.0 Å². The van der Waals surface area contributed by atoms with Crippen LogP contribution in [0.3, 0.4) is 0 Å². The zero-order valence-corrected chi connectivity index (χ0v) is 11.0. The maximum Gasteiger partial charge on any atom is 0.246 e. The number of nitrogens with one attached hydrogen (secondary N) is 1. The van der Waals surface area contributed by atoms with E-state index in [0.29, 0.717) is 17.8 Å². The van der Waals surface area contributed by atoms with Gasteiger partial charge in [-0.25, -0.2) is 8.42 Å². The predicted octanol–water partition coefficient (Wildman–Crippen LogP) is 0.172. The zero-order valence-electron chi connectivity index (χ0n) is 10.2. The average Bonchev–Trinajstić information content (AvgIpc) is 2.54. The minimum absolute atomic E-state index is 0.163. The quantitative estimate of drug-likeness (QED) is 0.810. The Balaban J connectivity index is 2.29. The second-order valence-electron chi connectivity index (χ2n) is 4.61. The number of nitrogens with zero attached hydrogens (tertiary/aromatic N) is 2. The highest BCUT2D eigenvalue weighted by molar-refractivity contribution is 7.89. The molecule has 0 amide bonds. The number of aryl methyl sites for hydroxylation is 2. The molecule has 0 saturated carbocycles. The van der Waals surface area contributed by atoms with Gasteiger partial charge in [0.25, 0.3) is 0 Å². The molecule has 0 aromatic carbocycles. The van der Waals surface area contributed by atoms with Gasteiger partial charge in [-0.2, -0.15) is 9.40 Å². The van der Waals surface area contributed by atoms with Crippen molar-refractivity contribution in [2.24, 2.45) is 0 Å². The van der Waals surface area contributed by atoms with E-state index in [1.54, 1.807) is 13.8 Å². The molecule has 7 heteroatoms. The first kappa shape index (κ1) is 12.5. The zero-order chi connectivity index (χ0) is 12.8. The molecule has 1 aromatic rings. The highest BCUT2D eigenvalue weighted by Crippen LogP contribution is 2.31. The van der Waals surface area contributed by atoms with Crippen molar-refractivity contribution in [1.29, 1.82) is 0 Å². The molecule has 1 fully saturated rings. The molecule has 2 heterocycles. The van der Waals surface area contributed by atoms with Crippen LogP contribution in [0.2, 0.25) is 0 Å². The fourth-order valence-corrected chi connectivity index (χ4v) is 3.98. The summed E-state index contributed by atoms with van der Waals surface area (Å²) < 4.78 is 25.8. The standard InChI is InChI=1S/C10H17N3O3S/c1-4-10(14)5-13(6-10)17(15,16)9-7(2)11-12-8(9)3/h14H,4-6H2,1-3H3,(H,11,12). The fraction of sp³-hybridized carbons (Fsp3) is 0.700. The molecule has 2 N–H and O–H groups in total. The summed E-state index contributed by atoms with van der Waals surface area (Å²) in [4.78, 5) is 0.232. The van der Waals surface area contributed by atoms with Crippen molar-refractivity contribution in [3.63, 3.8) is 0 Å². The first-order valence-electron chi connectivity index (χ1n) is 5.54. The molecule has 96 valence electrons. The van der Waals surface area contributed by atoms with Gasteiger partial charge in [-0.05, 0) is 20.3 Å². The van der Waals surface area contributed by atoms with E-state index in [-0.39, 0.29) is 18.0 Å². The lowest BCUT2D eigenvalue weighted by Crippen LogP contribution is -2.62. The Morgan fingerprint density at radius 1 is 1.47 bits per heavy atom. The Bertz CT molecular complexity index is 509. The lowest BCUT2D eigenvalue weighted by atomic mass is 9.94. The van der Waals surface area contributed by atoms with E-state index in [1.165, 1.54) is 4.31 Å². The van der Waals surface area contributed by atoms with Gasteiger partial charge >= 0.3 is 0 Å². The molecule has 1 aliphatic heterocycles. The third kappa shape index (κ3) is 1.88. The van der Waals surface area contributed by atoms with Gasteiger partial charge in [0.05, 0.1) is 17.0 Å². The third-order valence-electron chi connectivity index (χ3n) is 3.26. The summed E-state index contributed by atoms with van der Waals surface area (Å²) in [6.07, 6.45) is 0.558. The number of sulfonamides is 1. The van der Waals surface area contributed by atoms with Crippen LogP contribution < -0.4 is 0 Å². The second kappa shape index (κ2) is 3.79. The molecule has 0 spiro atoms. The number of hydrogen-bond acceptors (Lipinski definition) is 4. The molecule has 1 saturated heterocycles. The van der Waals surface area contributed by atoms with Gasteiger partial charge in [0.2, 0.25) is 10.0 Å². The molecule has 2 rings (SSSR count). The molecule has 6 nitrogen and oxygen atoms in total. The predicted molar refractivity (Wildman–Crippen MR) is 62.1 cm³/mol. The number of aliphatic hydroxyl groups is 1. The number of rotatable bonds is 3. The number of β-amino-alcohol motifs (C(OH)–C–C–N with tert-alkyl or cyclic N) is 1. The Morgan fingerprint density at radius 3 is 2.47 bits per heavy atom. The molecular formula is C10H17N3O3S. The third-order valence-corrected chi connectivity index (χ3v) is 5.31. The van der Waals surface area contributed by atoms with Crippen LogP contribution in [-0.2, 0) is 10.0 Å². The largest absolute Gasteiger partial charge is 0.387 e. The first-order valence-corrected chi connectivity index (χ1v) is 6.98. The molecule has 0 radical (unpaired) electrons. The smallest absolute Gasteiger partial charge is 0.246 e.